The smallest absolute Gasteiger partial charge is 0.250 e. The van der Waals surface area contributed by atoms with Gasteiger partial charge in [-0.2, -0.15) is 0 Å². The molecule has 0 bridgehead atoms. The van der Waals surface area contributed by atoms with Crippen molar-refractivity contribution in [2.45, 2.75) is 0 Å². The van der Waals surface area contributed by atoms with Gasteiger partial charge in [0.2, 0.25) is 0 Å². The molecule has 0 aromatic carbocycles. The predicted molar refractivity (Wildman–Crippen MR) is 74.6 cm³/mol. The molecule has 0 aliphatic carbocycles. The number of aliphatic hydroxyl groups excluding tert-OH is 1. The van der Waals surface area contributed by atoms with Crippen molar-refractivity contribution in [3.05, 3.63) is 24.3 Å². The van der Waals surface area contributed by atoms with E-state index in [1.807, 2.05) is 10.6 Å². The van der Waals surface area contributed by atoms with Crippen LogP contribution in [0.5, 0.6) is 0 Å². The number of carbonyl (C=O) groups excluding carboxylic acids is 4. The number of aliphatic hydroxyl groups is 1. The largest absolute Gasteiger partial charge is 0.391 e. The highest BCUT2D eigenvalue weighted by Gasteiger charge is 2.07. The first-order valence-electron chi connectivity index (χ1n) is 6.11. The number of quaternary nitrogens is 1. The number of hydrogen-bond donors (Lipinski definition) is 3. The minimum absolute atomic E-state index is 0.281. The van der Waals surface area contributed by atoms with E-state index in [0.29, 0.717) is 0 Å². The summed E-state index contributed by atoms with van der Waals surface area (Å²) in [4.78, 5) is 40.1. The summed E-state index contributed by atoms with van der Waals surface area (Å²) in [6.45, 7) is 1.11. The molecule has 0 unspecified atom stereocenters. The van der Waals surface area contributed by atoms with Gasteiger partial charge in [0.15, 0.2) is 0 Å². The minimum atomic E-state index is -0.329. The van der Waals surface area contributed by atoms with Crippen LogP contribution in [0.15, 0.2) is 24.3 Å². The van der Waals surface area contributed by atoms with Gasteiger partial charge in [-0.1, -0.05) is 0 Å². The van der Waals surface area contributed by atoms with Crippen molar-refractivity contribution in [1.82, 2.24) is 10.6 Å². The number of imide groups is 2. The zero-order chi connectivity index (χ0) is 16.5. The van der Waals surface area contributed by atoms with Crippen LogP contribution in [0.4, 0.5) is 0 Å². The summed E-state index contributed by atoms with van der Waals surface area (Å²) in [5, 5.41) is 12.4. The maximum atomic E-state index is 10.0. The third-order valence-electron chi connectivity index (χ3n) is 2.04. The van der Waals surface area contributed by atoms with Gasteiger partial charge in [-0.15, -0.1) is 0 Å². The predicted octanol–water partition coefficient (Wildman–Crippen LogP) is -1.92. The summed E-state index contributed by atoms with van der Waals surface area (Å²) in [5.41, 5.74) is 0. The Morgan fingerprint density at radius 1 is 0.810 bits per heavy atom. The molecule has 116 valence electrons. The quantitative estimate of drug-likeness (QED) is 0.406. The lowest BCUT2D eigenvalue weighted by atomic mass is 10.5. The Kier molecular flexibility index (Phi) is 7.80. The van der Waals surface area contributed by atoms with Crippen LogP contribution in [0.2, 0.25) is 0 Å². The van der Waals surface area contributed by atoms with E-state index < -0.39 is 0 Å². The lowest BCUT2D eigenvalue weighted by molar-refractivity contribution is -0.870. The zero-order valence-corrected chi connectivity index (χ0v) is 12.3. The number of carbonyl (C=O) groups is 4. The van der Waals surface area contributed by atoms with E-state index in [4.69, 9.17) is 5.11 Å². The van der Waals surface area contributed by atoms with Crippen molar-refractivity contribution >= 4 is 23.6 Å². The van der Waals surface area contributed by atoms with E-state index in [2.05, 4.69) is 21.1 Å². The van der Waals surface area contributed by atoms with Crippen molar-refractivity contribution in [3.63, 3.8) is 0 Å². The molecule has 2 rings (SSSR count). The first kappa shape index (κ1) is 18.7. The number of nitrogens with one attached hydrogen (secondary N) is 2. The monoisotopic (exact) mass is 298 g/mol. The normalized spacial score (nSPS) is 15.8. The molecule has 2 aliphatic rings. The Morgan fingerprint density at radius 2 is 1.10 bits per heavy atom. The molecule has 21 heavy (non-hydrogen) atoms. The highest BCUT2D eigenvalue weighted by molar-refractivity contribution is 6.13. The second-order valence-electron chi connectivity index (χ2n) is 5.11. The van der Waals surface area contributed by atoms with Gasteiger partial charge in [-0.05, 0) is 0 Å². The number of rotatable bonds is 2. The average molecular weight is 298 g/mol. The molecule has 2 aliphatic heterocycles. The maximum absolute atomic E-state index is 10.0. The van der Waals surface area contributed by atoms with Crippen LogP contribution in [-0.2, 0) is 19.2 Å². The minimum Gasteiger partial charge on any atom is -0.391 e. The van der Waals surface area contributed by atoms with Crippen LogP contribution < -0.4 is 10.6 Å². The molecule has 8 heteroatoms. The molecule has 0 fully saturated rings. The fraction of sp³-hybridized carbons (Fsp3) is 0.385. The van der Waals surface area contributed by atoms with Crippen LogP contribution in [0.3, 0.4) is 0 Å². The average Bonchev–Trinajstić information content (AvgIpc) is 2.87. The third kappa shape index (κ3) is 11.2. The standard InChI is InChI=1S/C5H14NO.2C4H3NO2/c1-6(2,3)4-5-7;2*6-3-1-2-4(7)5-3/h7H,4-5H2,1-3H3;2*1-2H,(H,5,6,7)/q+1;;. The molecule has 8 nitrogen and oxygen atoms in total. The first-order valence-corrected chi connectivity index (χ1v) is 6.11. The van der Waals surface area contributed by atoms with Crippen molar-refractivity contribution < 1.29 is 28.8 Å². The molecule has 0 aromatic heterocycles. The van der Waals surface area contributed by atoms with Crippen LogP contribution >= 0.6 is 0 Å². The molecular formula is C13H20N3O5+. The van der Waals surface area contributed by atoms with E-state index in [9.17, 15) is 19.2 Å². The van der Waals surface area contributed by atoms with Crippen LogP contribution in [0.1, 0.15) is 0 Å². The van der Waals surface area contributed by atoms with Gasteiger partial charge in [-0.25, -0.2) is 0 Å². The van der Waals surface area contributed by atoms with Crippen molar-refractivity contribution in [2.75, 3.05) is 34.3 Å². The summed E-state index contributed by atoms with van der Waals surface area (Å²) in [6.07, 6.45) is 4.79. The summed E-state index contributed by atoms with van der Waals surface area (Å²) >= 11 is 0. The molecule has 0 saturated carbocycles. The lowest BCUT2D eigenvalue weighted by Crippen LogP contribution is -2.36. The molecule has 3 N–H and O–H groups in total. The molecule has 2 heterocycles. The molecule has 0 atom stereocenters. The lowest BCUT2D eigenvalue weighted by Gasteiger charge is -2.21. The third-order valence-corrected chi connectivity index (χ3v) is 2.04. The van der Waals surface area contributed by atoms with Gasteiger partial charge in [0, 0.05) is 24.3 Å². The van der Waals surface area contributed by atoms with E-state index in [-0.39, 0.29) is 30.2 Å². The summed E-state index contributed by atoms with van der Waals surface area (Å²) < 4.78 is 0.844. The number of nitrogens with zero attached hydrogens (tertiary/aromatic N) is 1. The molecule has 0 spiro atoms. The van der Waals surface area contributed by atoms with E-state index >= 15 is 0 Å². The van der Waals surface area contributed by atoms with Crippen LogP contribution in [0, 0.1) is 0 Å². The second kappa shape index (κ2) is 8.77. The number of hydrogen-bond acceptors (Lipinski definition) is 5. The SMILES string of the molecule is C[N+](C)(C)CCO.O=C1C=CC(=O)N1.O=C1C=CC(=O)N1. The van der Waals surface area contributed by atoms with Crippen molar-refractivity contribution in [1.29, 1.82) is 0 Å². The van der Waals surface area contributed by atoms with Gasteiger partial charge in [0.25, 0.3) is 23.6 Å². The summed E-state index contributed by atoms with van der Waals surface area (Å²) in [7, 11) is 6.16. The van der Waals surface area contributed by atoms with Gasteiger partial charge in [0.05, 0.1) is 27.7 Å². The van der Waals surface area contributed by atoms with Gasteiger partial charge < -0.3 is 9.59 Å². The van der Waals surface area contributed by atoms with Gasteiger partial charge in [-0.3, -0.25) is 29.8 Å². The Balaban J connectivity index is 0.000000286. The Labute approximate surface area is 122 Å². The fourth-order valence-corrected chi connectivity index (χ4v) is 1.01. The summed E-state index contributed by atoms with van der Waals surface area (Å²) in [5.74, 6) is -1.31. The number of amides is 4. The summed E-state index contributed by atoms with van der Waals surface area (Å²) in [6, 6.07) is 0. The molecule has 0 saturated heterocycles. The molecule has 4 amide bonds. The second-order valence-corrected chi connectivity index (χ2v) is 5.11. The molecular weight excluding hydrogens is 278 g/mol. The van der Waals surface area contributed by atoms with Gasteiger partial charge in [0.1, 0.15) is 6.54 Å². The highest BCUT2D eigenvalue weighted by atomic mass is 16.3. The van der Waals surface area contributed by atoms with Gasteiger partial charge >= 0.3 is 0 Å². The van der Waals surface area contributed by atoms with E-state index in [0.717, 1.165) is 11.0 Å². The van der Waals surface area contributed by atoms with E-state index in [1.165, 1.54) is 24.3 Å². The highest BCUT2D eigenvalue weighted by Crippen LogP contribution is 1.85. The van der Waals surface area contributed by atoms with Crippen molar-refractivity contribution in [3.8, 4) is 0 Å². The molecule has 0 radical (unpaired) electrons. The Bertz CT molecular complexity index is 407. The van der Waals surface area contributed by atoms with Crippen LogP contribution in [0.25, 0.3) is 0 Å². The Morgan fingerprint density at radius 3 is 1.14 bits per heavy atom. The zero-order valence-electron chi connectivity index (χ0n) is 12.3. The van der Waals surface area contributed by atoms with Crippen molar-refractivity contribution in [2.24, 2.45) is 0 Å². The fourth-order valence-electron chi connectivity index (χ4n) is 1.01. The first-order chi connectivity index (χ1) is 9.64. The topological polar surface area (TPSA) is 113 Å². The van der Waals surface area contributed by atoms with E-state index in [1.54, 1.807) is 0 Å². The molecule has 0 aromatic rings. The Hall–Kier alpha value is -2.32. The number of likely N-dealkylation sites (N-methyl/N-ethyl adjacent to an activating group) is 1. The maximum Gasteiger partial charge on any atom is 0.250 e. The van der Waals surface area contributed by atoms with Crippen LogP contribution in [-0.4, -0.2) is 67.5 Å².